The molecule has 0 spiro atoms. The predicted octanol–water partition coefficient (Wildman–Crippen LogP) is 2.79. The fourth-order valence-corrected chi connectivity index (χ4v) is 5.30. The molecule has 2 heterocycles. The Hall–Kier alpha value is -1.58. The molecule has 1 fully saturated rings. The lowest BCUT2D eigenvalue weighted by Gasteiger charge is -2.33. The van der Waals surface area contributed by atoms with Crippen molar-refractivity contribution in [2.75, 3.05) is 26.2 Å². The molecule has 26 heavy (non-hydrogen) atoms. The van der Waals surface area contributed by atoms with Crippen LogP contribution in [0.25, 0.3) is 0 Å². The SMILES string of the molecule is O=C(O)c1ccc(CN2CCN(S(=O)(=O)c3c(Cl)cccc3Cl)CC2)o1. The van der Waals surface area contributed by atoms with Crippen LogP contribution >= 0.6 is 23.2 Å². The summed E-state index contributed by atoms with van der Waals surface area (Å²) in [5, 5.41) is 9.07. The van der Waals surface area contributed by atoms with Crippen LogP contribution in [0.5, 0.6) is 0 Å². The van der Waals surface area contributed by atoms with Crippen LogP contribution in [-0.4, -0.2) is 54.9 Å². The van der Waals surface area contributed by atoms with E-state index in [0.717, 1.165) is 0 Å². The molecule has 0 atom stereocenters. The molecule has 1 N–H and O–H groups in total. The van der Waals surface area contributed by atoms with Gasteiger partial charge in [0, 0.05) is 26.2 Å². The van der Waals surface area contributed by atoms with Gasteiger partial charge in [-0.2, -0.15) is 4.31 Å². The van der Waals surface area contributed by atoms with Crippen LogP contribution in [0.4, 0.5) is 0 Å². The van der Waals surface area contributed by atoms with Gasteiger partial charge in [0.2, 0.25) is 15.8 Å². The Morgan fingerprint density at radius 3 is 2.23 bits per heavy atom. The number of nitrogens with zero attached hydrogens (tertiary/aromatic N) is 2. The van der Waals surface area contributed by atoms with Gasteiger partial charge in [-0.25, -0.2) is 13.2 Å². The second-order valence-corrected chi connectivity index (χ2v) is 8.49. The predicted molar refractivity (Wildman–Crippen MR) is 96.2 cm³/mol. The van der Waals surface area contributed by atoms with E-state index < -0.39 is 16.0 Å². The summed E-state index contributed by atoms with van der Waals surface area (Å²) in [5.74, 6) is -0.716. The molecule has 1 aromatic carbocycles. The Kier molecular flexibility index (Phi) is 5.59. The molecule has 0 unspecified atom stereocenters. The first-order valence-corrected chi connectivity index (χ1v) is 9.97. The van der Waals surface area contributed by atoms with E-state index in [1.807, 2.05) is 4.90 Å². The first-order chi connectivity index (χ1) is 12.3. The summed E-state index contributed by atoms with van der Waals surface area (Å²) in [7, 11) is -3.79. The lowest BCUT2D eigenvalue weighted by molar-refractivity contribution is 0.0657. The molecule has 10 heteroatoms. The van der Waals surface area contributed by atoms with Crippen LogP contribution in [-0.2, 0) is 16.6 Å². The van der Waals surface area contributed by atoms with Crippen LogP contribution in [0.15, 0.2) is 39.6 Å². The molecular formula is C16H16Cl2N2O5S. The maximum absolute atomic E-state index is 12.8. The average molecular weight is 419 g/mol. The Balaban J connectivity index is 1.67. The highest BCUT2D eigenvalue weighted by molar-refractivity contribution is 7.89. The number of aromatic carboxylic acids is 1. The largest absolute Gasteiger partial charge is 0.475 e. The van der Waals surface area contributed by atoms with Gasteiger partial charge >= 0.3 is 5.97 Å². The number of hydrogen-bond acceptors (Lipinski definition) is 5. The van der Waals surface area contributed by atoms with Crippen molar-refractivity contribution in [1.29, 1.82) is 0 Å². The van der Waals surface area contributed by atoms with E-state index in [1.165, 1.54) is 22.5 Å². The fourth-order valence-electron chi connectivity index (χ4n) is 2.78. The van der Waals surface area contributed by atoms with E-state index in [0.29, 0.717) is 25.4 Å². The highest BCUT2D eigenvalue weighted by Gasteiger charge is 2.32. The van der Waals surface area contributed by atoms with E-state index in [4.69, 9.17) is 32.7 Å². The van der Waals surface area contributed by atoms with Gasteiger partial charge in [-0.3, -0.25) is 4.90 Å². The number of benzene rings is 1. The van der Waals surface area contributed by atoms with E-state index in [1.54, 1.807) is 12.1 Å². The number of hydrogen-bond donors (Lipinski definition) is 1. The smallest absolute Gasteiger partial charge is 0.371 e. The molecule has 0 saturated carbocycles. The quantitative estimate of drug-likeness (QED) is 0.802. The number of carboxylic acids is 1. The zero-order valence-corrected chi connectivity index (χ0v) is 15.9. The zero-order chi connectivity index (χ0) is 18.9. The van der Waals surface area contributed by atoms with Crippen molar-refractivity contribution in [1.82, 2.24) is 9.21 Å². The van der Waals surface area contributed by atoms with Crippen molar-refractivity contribution in [3.8, 4) is 0 Å². The third kappa shape index (κ3) is 3.89. The standard InChI is InChI=1S/C16H16Cl2N2O5S/c17-12-2-1-3-13(18)15(12)26(23,24)20-8-6-19(7-9-20)10-11-4-5-14(25-11)16(21)22/h1-5H,6-10H2,(H,21,22). The number of carbonyl (C=O) groups is 1. The highest BCUT2D eigenvalue weighted by Crippen LogP contribution is 2.32. The van der Waals surface area contributed by atoms with Gasteiger partial charge in [0.25, 0.3) is 0 Å². The first-order valence-electron chi connectivity index (χ1n) is 7.77. The van der Waals surface area contributed by atoms with E-state index in [-0.39, 0.29) is 33.8 Å². The molecule has 0 amide bonds. The van der Waals surface area contributed by atoms with Gasteiger partial charge in [0.15, 0.2) is 0 Å². The molecule has 7 nitrogen and oxygen atoms in total. The molecule has 140 valence electrons. The molecule has 2 aromatic rings. The van der Waals surface area contributed by atoms with Crippen LogP contribution in [0, 0.1) is 0 Å². The minimum atomic E-state index is -3.79. The maximum atomic E-state index is 12.8. The number of sulfonamides is 1. The molecule has 1 aliphatic heterocycles. The lowest BCUT2D eigenvalue weighted by Crippen LogP contribution is -2.48. The van der Waals surface area contributed by atoms with Crippen molar-refractivity contribution < 1.29 is 22.7 Å². The molecule has 0 aliphatic carbocycles. The molecule has 0 bridgehead atoms. The molecule has 1 aromatic heterocycles. The third-order valence-corrected chi connectivity index (χ3v) is 6.95. The van der Waals surface area contributed by atoms with E-state index >= 15 is 0 Å². The first kappa shape index (κ1) is 19.2. The summed E-state index contributed by atoms with van der Waals surface area (Å²) < 4.78 is 32.2. The van der Waals surface area contributed by atoms with Crippen molar-refractivity contribution in [2.45, 2.75) is 11.4 Å². The zero-order valence-electron chi connectivity index (χ0n) is 13.6. The molecule has 3 rings (SSSR count). The minimum absolute atomic E-state index is 0.0751. The Morgan fingerprint density at radius 1 is 1.08 bits per heavy atom. The van der Waals surface area contributed by atoms with Crippen molar-refractivity contribution in [3.05, 3.63) is 51.9 Å². The van der Waals surface area contributed by atoms with Gasteiger partial charge in [-0.15, -0.1) is 0 Å². The summed E-state index contributed by atoms with van der Waals surface area (Å²) in [6, 6.07) is 7.59. The van der Waals surface area contributed by atoms with Crippen LogP contribution in [0.1, 0.15) is 16.3 Å². The lowest BCUT2D eigenvalue weighted by atomic mass is 10.3. The number of halogens is 2. The fraction of sp³-hybridized carbons (Fsp3) is 0.312. The van der Waals surface area contributed by atoms with Crippen LogP contribution in [0.3, 0.4) is 0 Å². The highest BCUT2D eigenvalue weighted by atomic mass is 35.5. The second-order valence-electron chi connectivity index (χ2n) is 5.80. The topological polar surface area (TPSA) is 91.1 Å². The van der Waals surface area contributed by atoms with Crippen molar-refractivity contribution in [3.63, 3.8) is 0 Å². The molecule has 1 aliphatic rings. The average Bonchev–Trinajstić information content (AvgIpc) is 3.04. The van der Waals surface area contributed by atoms with E-state index in [2.05, 4.69) is 0 Å². The summed E-state index contributed by atoms with van der Waals surface area (Å²) in [6.45, 7) is 1.91. The Bertz CT molecular complexity index is 900. The summed E-state index contributed by atoms with van der Waals surface area (Å²) in [6.07, 6.45) is 0. The van der Waals surface area contributed by atoms with Gasteiger partial charge < -0.3 is 9.52 Å². The number of rotatable bonds is 5. The van der Waals surface area contributed by atoms with Gasteiger partial charge in [0.1, 0.15) is 10.7 Å². The molecule has 0 radical (unpaired) electrons. The summed E-state index contributed by atoms with van der Waals surface area (Å²) in [4.78, 5) is 12.8. The second kappa shape index (κ2) is 7.58. The summed E-state index contributed by atoms with van der Waals surface area (Å²) >= 11 is 12.1. The maximum Gasteiger partial charge on any atom is 0.371 e. The monoisotopic (exact) mass is 418 g/mol. The molecule has 1 saturated heterocycles. The Labute approximate surface area is 160 Å². The number of furan rings is 1. The third-order valence-electron chi connectivity index (χ3n) is 4.10. The van der Waals surface area contributed by atoms with Crippen molar-refractivity contribution in [2.24, 2.45) is 0 Å². The van der Waals surface area contributed by atoms with Crippen LogP contribution < -0.4 is 0 Å². The van der Waals surface area contributed by atoms with Crippen LogP contribution in [0.2, 0.25) is 10.0 Å². The van der Waals surface area contributed by atoms with Gasteiger partial charge in [-0.05, 0) is 24.3 Å². The normalized spacial score (nSPS) is 16.7. The van der Waals surface area contributed by atoms with Gasteiger partial charge in [0.05, 0.1) is 16.6 Å². The number of carboxylic acid groups (broad SMARTS) is 1. The molecular weight excluding hydrogens is 403 g/mol. The number of piperazine rings is 1. The minimum Gasteiger partial charge on any atom is -0.475 e. The Morgan fingerprint density at radius 2 is 1.69 bits per heavy atom. The van der Waals surface area contributed by atoms with E-state index in [9.17, 15) is 13.2 Å². The van der Waals surface area contributed by atoms with Crippen molar-refractivity contribution >= 4 is 39.2 Å². The summed E-state index contributed by atoms with van der Waals surface area (Å²) in [5.41, 5.74) is 0. The van der Waals surface area contributed by atoms with Gasteiger partial charge in [-0.1, -0.05) is 29.3 Å².